The lowest BCUT2D eigenvalue weighted by Crippen LogP contribution is -2.16. The Bertz CT molecular complexity index is 706. The van der Waals surface area contributed by atoms with Crippen LogP contribution in [-0.4, -0.2) is 29.0 Å². The molecule has 24 heavy (non-hydrogen) atoms. The largest absolute Gasteiger partial charge is 0.424 e. The molecule has 0 saturated heterocycles. The van der Waals surface area contributed by atoms with Crippen molar-refractivity contribution in [3.8, 4) is 11.8 Å². The topological polar surface area (TPSA) is 51.1 Å². The van der Waals surface area contributed by atoms with E-state index >= 15 is 0 Å². The minimum absolute atomic E-state index is 0.0343. The van der Waals surface area contributed by atoms with Crippen molar-refractivity contribution in [3.63, 3.8) is 0 Å². The highest BCUT2D eigenvalue weighted by Crippen LogP contribution is 2.34. The molecule has 2 rings (SSSR count). The molecule has 0 fully saturated rings. The van der Waals surface area contributed by atoms with E-state index in [4.69, 9.17) is 4.74 Å². The summed E-state index contributed by atoms with van der Waals surface area (Å²) in [5.41, 5.74) is -1.41. The number of benzene rings is 1. The number of aromatic nitrogens is 3. The van der Waals surface area contributed by atoms with Gasteiger partial charge in [0.2, 0.25) is 5.95 Å². The smallest absolute Gasteiger partial charge is 0.419 e. The highest BCUT2D eigenvalue weighted by molar-refractivity contribution is 5.35. The van der Waals surface area contributed by atoms with Gasteiger partial charge in [0, 0.05) is 20.0 Å². The molecule has 130 valence electrons. The zero-order valence-electron chi connectivity index (χ0n) is 13.5. The van der Waals surface area contributed by atoms with Gasteiger partial charge in [-0.2, -0.15) is 28.1 Å². The zero-order valence-corrected chi connectivity index (χ0v) is 13.5. The van der Waals surface area contributed by atoms with Gasteiger partial charge in [0.15, 0.2) is 0 Å². The third-order valence-corrected chi connectivity index (χ3v) is 2.99. The van der Waals surface area contributed by atoms with Crippen LogP contribution in [0.1, 0.15) is 31.2 Å². The molecule has 2 aromatic rings. The quantitative estimate of drug-likeness (QED) is 0.785. The van der Waals surface area contributed by atoms with Gasteiger partial charge >= 0.3 is 12.2 Å². The van der Waals surface area contributed by atoms with Crippen molar-refractivity contribution < 1.29 is 22.3 Å². The van der Waals surface area contributed by atoms with E-state index < -0.39 is 17.6 Å². The summed E-state index contributed by atoms with van der Waals surface area (Å²) in [4.78, 5) is 14.0. The Morgan fingerprint density at radius 2 is 1.75 bits per heavy atom. The molecule has 0 aliphatic heterocycles. The summed E-state index contributed by atoms with van der Waals surface area (Å²) in [6, 6.07) is 2.19. The molecule has 1 heterocycles. The molecule has 0 bridgehead atoms. The molecule has 0 N–H and O–H groups in total. The monoisotopic (exact) mass is 344 g/mol. The summed E-state index contributed by atoms with van der Waals surface area (Å²) in [6.07, 6.45) is -4.82. The summed E-state index contributed by atoms with van der Waals surface area (Å²) >= 11 is 0. The molecule has 5 nitrogen and oxygen atoms in total. The summed E-state index contributed by atoms with van der Waals surface area (Å²) in [5.74, 6) is -0.881. The zero-order chi connectivity index (χ0) is 18.1. The van der Waals surface area contributed by atoms with Crippen molar-refractivity contribution in [2.45, 2.75) is 25.9 Å². The van der Waals surface area contributed by atoms with Gasteiger partial charge in [-0.3, -0.25) is 0 Å². The normalized spacial score (nSPS) is 11.7. The summed E-state index contributed by atoms with van der Waals surface area (Å²) in [7, 11) is 3.42. The lowest BCUT2D eigenvalue weighted by atomic mass is 10.2. The van der Waals surface area contributed by atoms with E-state index in [-0.39, 0.29) is 17.7 Å². The maximum Gasteiger partial charge on any atom is 0.419 e. The van der Waals surface area contributed by atoms with Gasteiger partial charge in [0.25, 0.3) is 0 Å². The van der Waals surface area contributed by atoms with Crippen LogP contribution in [-0.2, 0) is 6.18 Å². The second kappa shape index (κ2) is 6.58. The van der Waals surface area contributed by atoms with Gasteiger partial charge in [0.05, 0.1) is 5.56 Å². The molecule has 0 radical (unpaired) electrons. The first kappa shape index (κ1) is 17.9. The lowest BCUT2D eigenvalue weighted by Gasteiger charge is -2.15. The lowest BCUT2D eigenvalue weighted by molar-refractivity contribution is -0.140. The highest BCUT2D eigenvalue weighted by atomic mass is 19.4. The number of hydrogen-bond acceptors (Lipinski definition) is 5. The predicted molar refractivity (Wildman–Crippen MR) is 79.7 cm³/mol. The van der Waals surface area contributed by atoms with Crippen LogP contribution in [0.3, 0.4) is 0 Å². The van der Waals surface area contributed by atoms with Crippen LogP contribution in [0.2, 0.25) is 0 Å². The number of anilines is 1. The molecular weight excluding hydrogens is 328 g/mol. The van der Waals surface area contributed by atoms with E-state index in [0.29, 0.717) is 23.9 Å². The van der Waals surface area contributed by atoms with Crippen LogP contribution in [0, 0.1) is 5.82 Å². The fourth-order valence-corrected chi connectivity index (χ4v) is 1.76. The van der Waals surface area contributed by atoms with E-state index in [0.717, 1.165) is 6.07 Å². The molecular formula is C15H16F4N4O. The Hall–Kier alpha value is -2.45. The van der Waals surface area contributed by atoms with Crippen LogP contribution >= 0.6 is 0 Å². The molecule has 1 aromatic heterocycles. The van der Waals surface area contributed by atoms with E-state index in [2.05, 4.69) is 15.0 Å². The van der Waals surface area contributed by atoms with Crippen molar-refractivity contribution in [2.24, 2.45) is 0 Å². The average Bonchev–Trinajstić information content (AvgIpc) is 2.47. The number of alkyl halides is 3. The summed E-state index contributed by atoms with van der Waals surface area (Å²) in [6.45, 7) is 3.72. The molecule has 0 aliphatic carbocycles. The van der Waals surface area contributed by atoms with Gasteiger partial charge in [-0.1, -0.05) is 13.8 Å². The van der Waals surface area contributed by atoms with Gasteiger partial charge in [-0.25, -0.2) is 4.39 Å². The highest BCUT2D eigenvalue weighted by Gasteiger charge is 2.34. The van der Waals surface area contributed by atoms with Crippen molar-refractivity contribution in [1.29, 1.82) is 0 Å². The molecule has 0 aliphatic rings. The number of rotatable bonds is 4. The van der Waals surface area contributed by atoms with Gasteiger partial charge in [-0.15, -0.1) is 0 Å². The molecule has 9 heteroatoms. The third kappa shape index (κ3) is 4.09. The second-order valence-corrected chi connectivity index (χ2v) is 5.57. The van der Waals surface area contributed by atoms with Crippen molar-refractivity contribution in [1.82, 2.24) is 15.0 Å². The van der Waals surface area contributed by atoms with Crippen LogP contribution in [0.5, 0.6) is 11.8 Å². The Labute approximate surface area is 136 Å². The minimum atomic E-state index is -4.82. The van der Waals surface area contributed by atoms with Crippen LogP contribution < -0.4 is 9.64 Å². The third-order valence-electron chi connectivity index (χ3n) is 2.99. The van der Waals surface area contributed by atoms with Crippen LogP contribution in [0.15, 0.2) is 18.2 Å². The standard InChI is InChI=1S/C15H16F4N4O/c1-8(2)12-20-13(23(3)4)22-14(21-12)24-9-5-6-11(16)10(7-9)15(17,18)19/h5-8H,1-4H3. The summed E-state index contributed by atoms with van der Waals surface area (Å²) in [5, 5.41) is 0. The molecule has 0 saturated carbocycles. The van der Waals surface area contributed by atoms with Crippen molar-refractivity contribution in [2.75, 3.05) is 19.0 Å². The fraction of sp³-hybridized carbons (Fsp3) is 0.400. The molecule has 0 spiro atoms. The molecule has 0 amide bonds. The molecule has 0 atom stereocenters. The second-order valence-electron chi connectivity index (χ2n) is 5.57. The Balaban J connectivity index is 2.41. The Kier molecular flexibility index (Phi) is 4.91. The maximum atomic E-state index is 13.3. The van der Waals surface area contributed by atoms with Crippen LogP contribution in [0.4, 0.5) is 23.5 Å². The molecule has 0 unspecified atom stereocenters. The fourth-order valence-electron chi connectivity index (χ4n) is 1.76. The molecule has 1 aromatic carbocycles. The number of ether oxygens (including phenoxy) is 1. The minimum Gasteiger partial charge on any atom is -0.424 e. The van der Waals surface area contributed by atoms with E-state index in [1.54, 1.807) is 19.0 Å². The van der Waals surface area contributed by atoms with Gasteiger partial charge < -0.3 is 9.64 Å². The summed E-state index contributed by atoms with van der Waals surface area (Å²) < 4.78 is 56.9. The average molecular weight is 344 g/mol. The Morgan fingerprint density at radius 1 is 1.08 bits per heavy atom. The first-order valence-electron chi connectivity index (χ1n) is 7.06. The van der Waals surface area contributed by atoms with Gasteiger partial charge in [-0.05, 0) is 18.2 Å². The van der Waals surface area contributed by atoms with E-state index in [1.165, 1.54) is 0 Å². The SMILES string of the molecule is CC(C)c1nc(Oc2ccc(F)c(C(F)(F)F)c2)nc(N(C)C)n1. The number of hydrogen-bond donors (Lipinski definition) is 0. The first-order valence-corrected chi connectivity index (χ1v) is 7.06. The first-order chi connectivity index (χ1) is 11.1. The van der Waals surface area contributed by atoms with Crippen molar-refractivity contribution >= 4 is 5.95 Å². The predicted octanol–water partition coefficient (Wildman–Crippen LogP) is 4.01. The maximum absolute atomic E-state index is 13.3. The van der Waals surface area contributed by atoms with E-state index in [9.17, 15) is 17.6 Å². The van der Waals surface area contributed by atoms with E-state index in [1.807, 2.05) is 13.8 Å². The number of halogens is 4. The van der Waals surface area contributed by atoms with Crippen LogP contribution in [0.25, 0.3) is 0 Å². The van der Waals surface area contributed by atoms with Crippen molar-refractivity contribution in [3.05, 3.63) is 35.4 Å². The van der Waals surface area contributed by atoms with Gasteiger partial charge in [0.1, 0.15) is 17.4 Å². The number of nitrogens with zero attached hydrogens (tertiary/aromatic N) is 4. The Morgan fingerprint density at radius 3 is 2.29 bits per heavy atom.